The van der Waals surface area contributed by atoms with Gasteiger partial charge in [-0.05, 0) is 31.7 Å². The van der Waals surface area contributed by atoms with Gasteiger partial charge in [0, 0.05) is 37.5 Å². The van der Waals surface area contributed by atoms with Crippen LogP contribution in [0.2, 0.25) is 0 Å². The number of guanidine groups is 1. The van der Waals surface area contributed by atoms with Gasteiger partial charge < -0.3 is 15.5 Å². The maximum atomic E-state index is 11.9. The number of nitrogens with zero attached hydrogens (tertiary/aromatic N) is 2. The van der Waals surface area contributed by atoms with Crippen molar-refractivity contribution in [1.82, 2.24) is 15.5 Å². The van der Waals surface area contributed by atoms with Crippen LogP contribution in [0.1, 0.15) is 51.5 Å². The highest BCUT2D eigenvalue weighted by Gasteiger charge is 2.38. The van der Waals surface area contributed by atoms with Gasteiger partial charge in [-0.25, -0.2) is 0 Å². The number of aliphatic imine (C=N–C) groups is 1. The summed E-state index contributed by atoms with van der Waals surface area (Å²) in [5.74, 6) is 1.12. The SMILES string of the molecule is CCNC(=NCC1(c2ccccc2)CCC1)NC1CCN(C(=O)CC)C1.I. The highest BCUT2D eigenvalue weighted by atomic mass is 127. The Bertz CT molecular complexity index is 630. The van der Waals surface area contributed by atoms with E-state index in [0.29, 0.717) is 6.42 Å². The Hall–Kier alpha value is -1.31. The topological polar surface area (TPSA) is 56.7 Å². The van der Waals surface area contributed by atoms with Crippen LogP contribution in [0.25, 0.3) is 0 Å². The highest BCUT2D eigenvalue weighted by molar-refractivity contribution is 14.0. The van der Waals surface area contributed by atoms with Crippen LogP contribution in [-0.2, 0) is 10.2 Å². The molecule has 1 aromatic carbocycles. The third-order valence-corrected chi connectivity index (χ3v) is 5.77. The normalized spacial score (nSPS) is 21.2. The summed E-state index contributed by atoms with van der Waals surface area (Å²) in [6.07, 6.45) is 5.27. The highest BCUT2D eigenvalue weighted by Crippen LogP contribution is 2.43. The maximum Gasteiger partial charge on any atom is 0.222 e. The van der Waals surface area contributed by atoms with Crippen molar-refractivity contribution in [3.05, 3.63) is 35.9 Å². The van der Waals surface area contributed by atoms with Crippen LogP contribution in [-0.4, -0.2) is 49.0 Å². The number of halogens is 1. The van der Waals surface area contributed by atoms with E-state index in [1.165, 1.54) is 24.8 Å². The first-order chi connectivity index (χ1) is 12.7. The Morgan fingerprint density at radius 1 is 1.26 bits per heavy atom. The lowest BCUT2D eigenvalue weighted by Gasteiger charge is -2.41. The van der Waals surface area contributed by atoms with Gasteiger partial charge in [-0.1, -0.05) is 43.7 Å². The number of benzene rings is 1. The molecular weight excluding hydrogens is 451 g/mol. The Kier molecular flexibility index (Phi) is 8.38. The molecule has 1 amide bonds. The fourth-order valence-electron chi connectivity index (χ4n) is 4.01. The van der Waals surface area contributed by atoms with Crippen molar-refractivity contribution >= 4 is 35.8 Å². The van der Waals surface area contributed by atoms with Crippen LogP contribution >= 0.6 is 24.0 Å². The largest absolute Gasteiger partial charge is 0.357 e. The molecule has 150 valence electrons. The molecule has 2 N–H and O–H groups in total. The van der Waals surface area contributed by atoms with Gasteiger partial charge in [0.05, 0.1) is 6.54 Å². The molecule has 0 aromatic heterocycles. The zero-order valence-corrected chi connectivity index (χ0v) is 18.9. The van der Waals surface area contributed by atoms with Gasteiger partial charge in [0.25, 0.3) is 0 Å². The first kappa shape index (κ1) is 22.0. The third kappa shape index (κ3) is 5.36. The minimum absolute atomic E-state index is 0. The molecule has 0 spiro atoms. The van der Waals surface area contributed by atoms with Crippen LogP contribution in [0, 0.1) is 0 Å². The van der Waals surface area contributed by atoms with Crippen molar-refractivity contribution in [2.75, 3.05) is 26.2 Å². The number of hydrogen-bond acceptors (Lipinski definition) is 2. The molecule has 27 heavy (non-hydrogen) atoms. The molecule has 5 nitrogen and oxygen atoms in total. The molecule has 2 fully saturated rings. The van der Waals surface area contributed by atoms with E-state index >= 15 is 0 Å². The fraction of sp³-hybridized carbons (Fsp3) is 0.619. The van der Waals surface area contributed by atoms with Crippen molar-refractivity contribution in [2.45, 2.75) is 57.4 Å². The molecule has 1 atom stereocenters. The molecule has 1 aliphatic carbocycles. The van der Waals surface area contributed by atoms with Gasteiger partial charge in [-0.2, -0.15) is 0 Å². The summed E-state index contributed by atoms with van der Waals surface area (Å²) >= 11 is 0. The molecule has 3 rings (SSSR count). The number of carbonyl (C=O) groups excluding carboxylic acids is 1. The Morgan fingerprint density at radius 2 is 2.00 bits per heavy atom. The van der Waals surface area contributed by atoms with Crippen LogP contribution in [0.5, 0.6) is 0 Å². The molecule has 6 heteroatoms. The Morgan fingerprint density at radius 3 is 2.59 bits per heavy atom. The van der Waals surface area contributed by atoms with Crippen LogP contribution < -0.4 is 10.6 Å². The van der Waals surface area contributed by atoms with E-state index in [0.717, 1.165) is 38.6 Å². The molecular formula is C21H33IN4O. The molecule has 1 saturated carbocycles. The van der Waals surface area contributed by atoms with Gasteiger partial charge in [-0.15, -0.1) is 24.0 Å². The first-order valence-corrected chi connectivity index (χ1v) is 10.0. The number of likely N-dealkylation sites (tertiary alicyclic amines) is 1. The lowest BCUT2D eigenvalue weighted by atomic mass is 9.64. The van der Waals surface area contributed by atoms with Crippen molar-refractivity contribution < 1.29 is 4.79 Å². The zero-order chi connectivity index (χ0) is 18.4. The Labute approximate surface area is 180 Å². The van der Waals surface area contributed by atoms with Gasteiger partial charge >= 0.3 is 0 Å². The number of hydrogen-bond donors (Lipinski definition) is 2. The van der Waals surface area contributed by atoms with E-state index in [2.05, 4.69) is 47.9 Å². The van der Waals surface area contributed by atoms with Crippen molar-refractivity contribution in [3.8, 4) is 0 Å². The molecule has 0 radical (unpaired) electrons. The summed E-state index contributed by atoms with van der Waals surface area (Å²) in [5, 5.41) is 6.92. The summed E-state index contributed by atoms with van der Waals surface area (Å²) in [7, 11) is 0. The molecule has 0 bridgehead atoms. The summed E-state index contributed by atoms with van der Waals surface area (Å²) in [6, 6.07) is 11.1. The summed E-state index contributed by atoms with van der Waals surface area (Å²) in [5.41, 5.74) is 1.61. The standard InChI is InChI=1S/C21H32N4O.HI/c1-3-19(26)25-14-11-18(15-25)24-20(22-4-2)23-16-21(12-8-13-21)17-9-6-5-7-10-17;/h5-7,9-10,18H,3-4,8,11-16H2,1-2H3,(H2,22,23,24);1H. The number of nitrogens with one attached hydrogen (secondary N) is 2. The van der Waals surface area contributed by atoms with Gasteiger partial charge in [0.1, 0.15) is 0 Å². The minimum Gasteiger partial charge on any atom is -0.357 e. The van der Waals surface area contributed by atoms with Crippen LogP contribution in [0.3, 0.4) is 0 Å². The second-order valence-electron chi connectivity index (χ2n) is 7.52. The second-order valence-corrected chi connectivity index (χ2v) is 7.52. The lowest BCUT2D eigenvalue weighted by Crippen LogP contribution is -2.46. The predicted molar refractivity (Wildman–Crippen MR) is 122 cm³/mol. The molecule has 1 aromatic rings. The lowest BCUT2D eigenvalue weighted by molar-refractivity contribution is -0.129. The van der Waals surface area contributed by atoms with E-state index in [4.69, 9.17) is 4.99 Å². The fourth-order valence-corrected chi connectivity index (χ4v) is 4.01. The number of carbonyl (C=O) groups is 1. The quantitative estimate of drug-likeness (QED) is 0.370. The second kappa shape index (κ2) is 10.3. The average Bonchev–Trinajstić information content (AvgIpc) is 3.09. The van der Waals surface area contributed by atoms with E-state index in [-0.39, 0.29) is 41.3 Å². The van der Waals surface area contributed by atoms with Crippen molar-refractivity contribution in [2.24, 2.45) is 4.99 Å². The molecule has 1 unspecified atom stereocenters. The Balaban J connectivity index is 0.00000261. The average molecular weight is 484 g/mol. The summed E-state index contributed by atoms with van der Waals surface area (Å²) in [4.78, 5) is 18.8. The number of amides is 1. The van der Waals surface area contributed by atoms with Gasteiger partial charge in [0.15, 0.2) is 5.96 Å². The third-order valence-electron chi connectivity index (χ3n) is 5.77. The maximum absolute atomic E-state index is 11.9. The molecule has 1 aliphatic heterocycles. The zero-order valence-electron chi connectivity index (χ0n) is 16.5. The minimum atomic E-state index is 0. The van der Waals surface area contributed by atoms with Gasteiger partial charge in [0.2, 0.25) is 5.91 Å². The number of rotatable bonds is 6. The molecule has 1 saturated heterocycles. The van der Waals surface area contributed by atoms with E-state index < -0.39 is 0 Å². The monoisotopic (exact) mass is 484 g/mol. The van der Waals surface area contributed by atoms with Crippen molar-refractivity contribution in [3.63, 3.8) is 0 Å². The summed E-state index contributed by atoms with van der Waals surface area (Å²) < 4.78 is 0. The van der Waals surface area contributed by atoms with E-state index in [9.17, 15) is 4.79 Å². The summed E-state index contributed by atoms with van der Waals surface area (Å²) in [6.45, 7) is 7.30. The molecule has 2 aliphatic rings. The van der Waals surface area contributed by atoms with E-state index in [1.807, 2.05) is 11.8 Å². The van der Waals surface area contributed by atoms with Gasteiger partial charge in [-0.3, -0.25) is 9.79 Å². The van der Waals surface area contributed by atoms with Crippen LogP contribution in [0.15, 0.2) is 35.3 Å². The van der Waals surface area contributed by atoms with Crippen LogP contribution in [0.4, 0.5) is 0 Å². The molecule has 1 heterocycles. The van der Waals surface area contributed by atoms with E-state index in [1.54, 1.807) is 0 Å². The smallest absolute Gasteiger partial charge is 0.222 e. The van der Waals surface area contributed by atoms with Crippen molar-refractivity contribution in [1.29, 1.82) is 0 Å². The predicted octanol–water partition coefficient (Wildman–Crippen LogP) is 3.29. The first-order valence-electron chi connectivity index (χ1n) is 10.0.